The topological polar surface area (TPSA) is 120 Å². The number of hydrogen-bond acceptors (Lipinski definition) is 10. The monoisotopic (exact) mass is 637 g/mol. The molecule has 2 aromatic carbocycles. The van der Waals surface area contributed by atoms with E-state index in [-0.39, 0.29) is 36.1 Å². The van der Waals surface area contributed by atoms with Crippen LogP contribution in [0.5, 0.6) is 23.0 Å². The van der Waals surface area contributed by atoms with Crippen molar-refractivity contribution in [2.45, 2.75) is 70.4 Å². The number of rotatable bonds is 10. The first kappa shape index (κ1) is 32.3. The van der Waals surface area contributed by atoms with Gasteiger partial charge in [0, 0.05) is 23.8 Å². The van der Waals surface area contributed by atoms with Gasteiger partial charge in [-0.3, -0.25) is 9.59 Å². The van der Waals surface area contributed by atoms with Gasteiger partial charge in [0.2, 0.25) is 11.5 Å². The maximum absolute atomic E-state index is 13.0. The highest BCUT2D eigenvalue weighted by Gasteiger charge is 2.69. The number of methoxy groups -OCH3 is 3. The summed E-state index contributed by atoms with van der Waals surface area (Å²) in [4.78, 5) is 37.9. The lowest BCUT2D eigenvalue weighted by molar-refractivity contribution is -0.571. The molecule has 11 nitrogen and oxygen atoms in total. The van der Waals surface area contributed by atoms with Crippen LogP contribution in [0.25, 0.3) is 6.08 Å². The zero-order valence-electron chi connectivity index (χ0n) is 27.2. The van der Waals surface area contributed by atoms with Crippen molar-refractivity contribution in [3.8, 4) is 23.0 Å². The van der Waals surface area contributed by atoms with Gasteiger partial charge >= 0.3 is 0 Å². The Hall–Kier alpha value is -3.64. The molecule has 0 unspecified atom stereocenters. The molecule has 5 aliphatic rings. The predicted molar refractivity (Wildman–Crippen MR) is 166 cm³/mol. The van der Waals surface area contributed by atoms with Crippen LogP contribution >= 0.6 is 0 Å². The summed E-state index contributed by atoms with van der Waals surface area (Å²) < 4.78 is 34.7. The highest BCUT2D eigenvalue weighted by Crippen LogP contribution is 2.60. The van der Waals surface area contributed by atoms with Crippen molar-refractivity contribution in [1.29, 1.82) is 0 Å². The van der Waals surface area contributed by atoms with Gasteiger partial charge in [-0.1, -0.05) is 19.9 Å². The van der Waals surface area contributed by atoms with Crippen LogP contribution < -0.4 is 24.3 Å². The van der Waals surface area contributed by atoms with Crippen LogP contribution in [-0.4, -0.2) is 63.5 Å². The van der Waals surface area contributed by atoms with E-state index in [0.717, 1.165) is 25.7 Å². The molecule has 4 heterocycles. The smallest absolute Gasteiger partial charge is 0.259 e. The summed E-state index contributed by atoms with van der Waals surface area (Å²) in [6, 6.07) is 10.1. The maximum Gasteiger partial charge on any atom is 0.259 e. The Labute approximate surface area is 269 Å². The summed E-state index contributed by atoms with van der Waals surface area (Å²) in [6.07, 6.45) is 5.64. The normalized spacial score (nSPS) is 33.1. The second-order valence-electron chi connectivity index (χ2n) is 12.9. The molecule has 2 bridgehead atoms. The van der Waals surface area contributed by atoms with E-state index >= 15 is 0 Å². The number of nitrogens with one attached hydrogen (secondary N) is 1. The van der Waals surface area contributed by atoms with E-state index < -0.39 is 23.9 Å². The summed E-state index contributed by atoms with van der Waals surface area (Å²) in [6.45, 7) is 6.02. The van der Waals surface area contributed by atoms with Crippen molar-refractivity contribution < 1.29 is 47.8 Å². The van der Waals surface area contributed by atoms with Crippen LogP contribution in [0.3, 0.4) is 0 Å². The fourth-order valence-corrected chi connectivity index (χ4v) is 7.60. The van der Waals surface area contributed by atoms with Crippen LogP contribution in [0.1, 0.15) is 62.4 Å². The highest BCUT2D eigenvalue weighted by atomic mass is 17.3. The van der Waals surface area contributed by atoms with E-state index in [9.17, 15) is 9.59 Å². The molecule has 5 fully saturated rings. The van der Waals surface area contributed by atoms with Crippen molar-refractivity contribution in [3.63, 3.8) is 0 Å². The molecule has 248 valence electrons. The molecule has 4 saturated heterocycles. The van der Waals surface area contributed by atoms with Gasteiger partial charge in [0.05, 0.1) is 21.3 Å². The Bertz CT molecular complexity index is 1450. The number of amides is 1. The second-order valence-corrected chi connectivity index (χ2v) is 12.9. The predicted octanol–water partition coefficient (Wildman–Crippen LogP) is 5.31. The van der Waals surface area contributed by atoms with Crippen LogP contribution in [0.4, 0.5) is 0 Å². The fourth-order valence-electron chi connectivity index (χ4n) is 7.60. The SMILES string of the molecule is COc1cc(/C=C/C(=O)c2ccc(OCC(=O)N[C@H]3O[C@@H]4O[C@@]5(C)CC[C@H]6[C@H](C)CC[C@@H]([C@H]3C)[C@@]46OO5)cc2)cc(OC)c1OC. The molecule has 11 heteroatoms. The molecule has 1 aliphatic carbocycles. The molecule has 1 amide bonds. The molecule has 0 aromatic heterocycles. The minimum Gasteiger partial charge on any atom is -0.493 e. The van der Waals surface area contributed by atoms with Gasteiger partial charge in [0.1, 0.15) is 12.0 Å². The van der Waals surface area contributed by atoms with Crippen LogP contribution in [-0.2, 0) is 24.0 Å². The van der Waals surface area contributed by atoms with E-state index in [0.29, 0.717) is 40.0 Å². The average molecular weight is 638 g/mol. The summed E-state index contributed by atoms with van der Waals surface area (Å²) in [5.41, 5.74) is 0.496. The van der Waals surface area contributed by atoms with Gasteiger partial charge in [0.25, 0.3) is 5.91 Å². The number of ketones is 1. The number of fused-ring (bicyclic) bond motifs is 2. The molecule has 1 spiro atoms. The molecule has 46 heavy (non-hydrogen) atoms. The van der Waals surface area contributed by atoms with Gasteiger partial charge in [-0.15, -0.1) is 0 Å². The number of allylic oxidation sites excluding steroid dienone is 1. The first-order valence-electron chi connectivity index (χ1n) is 15.9. The largest absolute Gasteiger partial charge is 0.493 e. The highest BCUT2D eigenvalue weighted by molar-refractivity contribution is 6.06. The van der Waals surface area contributed by atoms with Gasteiger partial charge < -0.3 is 33.7 Å². The van der Waals surface area contributed by atoms with Crippen LogP contribution in [0.2, 0.25) is 0 Å². The minimum absolute atomic E-state index is 0.0247. The maximum atomic E-state index is 13.0. The molecule has 2 aromatic rings. The summed E-state index contributed by atoms with van der Waals surface area (Å²) in [5, 5.41) is 3.01. The third kappa shape index (κ3) is 5.85. The lowest BCUT2D eigenvalue weighted by Crippen LogP contribution is -2.72. The zero-order chi connectivity index (χ0) is 32.6. The quantitative estimate of drug-likeness (QED) is 0.209. The third-order valence-corrected chi connectivity index (χ3v) is 10.1. The first-order valence-corrected chi connectivity index (χ1v) is 15.9. The minimum atomic E-state index is -0.879. The standard InChI is InChI=1S/C35H43NO10/c1-20-7-13-26-21(2)32(43-33-35(26)25(20)15-16-34(3,44-33)45-46-35)36-30(38)19-42-24-11-9-23(10-12-24)27(37)14-8-22-17-28(39-4)31(41-6)29(18-22)40-5/h8-12,14,17-18,20-21,25-26,32-33H,7,13,15-16,19H2,1-6H3,(H,36,38)/b14-8+/t20-,21-,25+,26+,32+,33-,34-,35-/m1/s1. The first-order chi connectivity index (χ1) is 22.1. The summed E-state index contributed by atoms with van der Waals surface area (Å²) >= 11 is 0. The van der Waals surface area contributed by atoms with E-state index in [1.807, 2.05) is 6.92 Å². The molecular weight excluding hydrogens is 594 g/mol. The lowest BCUT2D eigenvalue weighted by Gasteiger charge is -2.60. The Balaban J connectivity index is 1.05. The molecule has 1 N–H and O–H groups in total. The number of ether oxygens (including phenoxy) is 6. The molecule has 8 atom stereocenters. The third-order valence-electron chi connectivity index (χ3n) is 10.1. The molecule has 4 aliphatic heterocycles. The lowest BCUT2D eigenvalue weighted by atomic mass is 9.58. The van der Waals surface area contributed by atoms with Gasteiger partial charge in [-0.05, 0) is 86.1 Å². The van der Waals surface area contributed by atoms with Crippen molar-refractivity contribution >= 4 is 17.8 Å². The van der Waals surface area contributed by atoms with Crippen LogP contribution in [0.15, 0.2) is 42.5 Å². The molecule has 0 radical (unpaired) electrons. The number of carbonyl (C=O) groups is 2. The Morgan fingerprint density at radius 3 is 2.35 bits per heavy atom. The van der Waals surface area contributed by atoms with Gasteiger partial charge in [0.15, 0.2) is 35.8 Å². The van der Waals surface area contributed by atoms with E-state index in [1.165, 1.54) is 27.4 Å². The van der Waals surface area contributed by atoms with Crippen molar-refractivity contribution in [3.05, 3.63) is 53.6 Å². The zero-order valence-corrected chi connectivity index (χ0v) is 27.2. The Morgan fingerprint density at radius 1 is 0.957 bits per heavy atom. The van der Waals surface area contributed by atoms with Gasteiger partial charge in [-0.25, -0.2) is 9.78 Å². The fraction of sp³-hybridized carbons (Fsp3) is 0.543. The number of hydrogen-bond donors (Lipinski definition) is 1. The van der Waals surface area contributed by atoms with Crippen molar-refractivity contribution in [2.24, 2.45) is 23.7 Å². The van der Waals surface area contributed by atoms with Crippen molar-refractivity contribution in [1.82, 2.24) is 5.32 Å². The van der Waals surface area contributed by atoms with Crippen LogP contribution in [0, 0.1) is 23.7 Å². The number of carbonyl (C=O) groups excluding carboxylic acids is 2. The number of benzene rings is 2. The molecule has 7 rings (SSSR count). The van der Waals surface area contributed by atoms with Crippen molar-refractivity contribution in [2.75, 3.05) is 27.9 Å². The average Bonchev–Trinajstić information content (AvgIpc) is 3.30. The Morgan fingerprint density at radius 2 is 1.67 bits per heavy atom. The van der Waals surface area contributed by atoms with Gasteiger partial charge in [-0.2, -0.15) is 0 Å². The molecule has 1 saturated carbocycles. The summed E-state index contributed by atoms with van der Waals surface area (Å²) in [7, 11) is 4.60. The second kappa shape index (κ2) is 12.9. The molecular formula is C35H43NO10. The van der Waals surface area contributed by atoms with E-state index in [1.54, 1.807) is 42.5 Å². The Kier molecular flexibility index (Phi) is 9.04. The van der Waals surface area contributed by atoms with E-state index in [2.05, 4.69) is 19.2 Å². The van der Waals surface area contributed by atoms with E-state index in [4.69, 9.17) is 38.2 Å². The summed E-state index contributed by atoms with van der Waals surface area (Å²) in [5.74, 6) is 1.32.